The molecule has 2 aromatic carbocycles. The highest BCUT2D eigenvalue weighted by molar-refractivity contribution is 6.30. The number of benzene rings is 2. The number of nitro groups is 1. The van der Waals surface area contributed by atoms with Crippen molar-refractivity contribution in [2.24, 2.45) is 0 Å². The first-order valence-corrected chi connectivity index (χ1v) is 7.80. The fourth-order valence-electron chi connectivity index (χ4n) is 2.12. The number of carbonyl (C=O) groups excluding carboxylic acids is 1. The van der Waals surface area contributed by atoms with Gasteiger partial charge in [0, 0.05) is 29.8 Å². The smallest absolute Gasteiger partial charge is 0.313 e. The molecular weight excluding hydrogens is 348 g/mol. The molecule has 0 heterocycles. The molecule has 25 heavy (non-hydrogen) atoms. The van der Waals surface area contributed by atoms with Gasteiger partial charge in [-0.2, -0.15) is 0 Å². The molecule has 0 aromatic heterocycles. The second kappa shape index (κ2) is 8.46. The van der Waals surface area contributed by atoms with Gasteiger partial charge in [0.1, 0.15) is 5.75 Å². The third-order valence-corrected chi connectivity index (χ3v) is 3.49. The maximum absolute atomic E-state index is 12.1. The quantitative estimate of drug-likeness (QED) is 0.596. The van der Waals surface area contributed by atoms with Crippen molar-refractivity contribution in [3.63, 3.8) is 0 Å². The predicted octanol–water partition coefficient (Wildman–Crippen LogP) is 3.81. The summed E-state index contributed by atoms with van der Waals surface area (Å²) in [6.45, 7) is 2.24. The molecule has 0 aliphatic rings. The Bertz CT molecular complexity index is 764. The van der Waals surface area contributed by atoms with Gasteiger partial charge >= 0.3 is 5.69 Å². The lowest BCUT2D eigenvalue weighted by molar-refractivity contribution is -0.385. The molecule has 0 saturated heterocycles. The van der Waals surface area contributed by atoms with Gasteiger partial charge < -0.3 is 14.8 Å². The van der Waals surface area contributed by atoms with E-state index in [1.165, 1.54) is 18.2 Å². The normalized spacial score (nSPS) is 11.6. The van der Waals surface area contributed by atoms with Crippen LogP contribution in [0.5, 0.6) is 11.5 Å². The summed E-state index contributed by atoms with van der Waals surface area (Å²) in [6, 6.07) is 10.3. The van der Waals surface area contributed by atoms with E-state index in [0.29, 0.717) is 17.9 Å². The highest BCUT2D eigenvalue weighted by Gasteiger charge is 2.17. The van der Waals surface area contributed by atoms with E-state index in [4.69, 9.17) is 21.1 Å². The highest BCUT2D eigenvalue weighted by atomic mass is 35.5. The molecule has 2 aromatic rings. The molecule has 1 atom stereocenters. The first-order chi connectivity index (χ1) is 11.9. The van der Waals surface area contributed by atoms with Crippen LogP contribution < -0.4 is 10.1 Å². The van der Waals surface area contributed by atoms with Crippen LogP contribution in [0.25, 0.3) is 0 Å². The molecule has 1 amide bonds. The van der Waals surface area contributed by atoms with E-state index in [-0.39, 0.29) is 28.4 Å². The van der Waals surface area contributed by atoms with Gasteiger partial charge in [-0.05, 0) is 43.3 Å². The van der Waals surface area contributed by atoms with Gasteiger partial charge in [0.05, 0.1) is 11.5 Å². The van der Waals surface area contributed by atoms with Gasteiger partial charge in [0.15, 0.2) is 0 Å². The molecule has 0 spiro atoms. The maximum Gasteiger partial charge on any atom is 0.313 e. The number of hydrogen-bond acceptors (Lipinski definition) is 5. The minimum atomic E-state index is -0.569. The van der Waals surface area contributed by atoms with E-state index < -0.39 is 4.92 Å². The fourth-order valence-corrected chi connectivity index (χ4v) is 2.29. The number of nitrogens with zero attached hydrogens (tertiary/aromatic N) is 1. The van der Waals surface area contributed by atoms with Gasteiger partial charge in [-0.1, -0.05) is 11.6 Å². The first-order valence-electron chi connectivity index (χ1n) is 7.42. The fraction of sp³-hybridized carbons (Fsp3) is 0.235. The molecule has 1 N–H and O–H groups in total. The van der Waals surface area contributed by atoms with E-state index in [2.05, 4.69) is 5.32 Å². The van der Waals surface area contributed by atoms with Gasteiger partial charge in [-0.25, -0.2) is 0 Å². The number of methoxy groups -OCH3 is 1. The third kappa shape index (κ3) is 5.17. The molecule has 0 radical (unpaired) electrons. The molecule has 0 fully saturated rings. The predicted molar refractivity (Wildman–Crippen MR) is 93.4 cm³/mol. The molecule has 0 bridgehead atoms. The lowest BCUT2D eigenvalue weighted by atomic mass is 10.2. The number of carbonyl (C=O) groups is 1. The summed E-state index contributed by atoms with van der Waals surface area (Å²) in [6.07, 6.45) is 0. The Morgan fingerprint density at radius 2 is 1.96 bits per heavy atom. The molecular formula is C17H17ClN2O5. The Morgan fingerprint density at radius 1 is 1.28 bits per heavy atom. The molecule has 0 aliphatic heterocycles. The lowest BCUT2D eigenvalue weighted by Crippen LogP contribution is -2.35. The largest absolute Gasteiger partial charge is 0.450 e. The van der Waals surface area contributed by atoms with E-state index >= 15 is 0 Å². The average molecular weight is 365 g/mol. The van der Waals surface area contributed by atoms with Crippen molar-refractivity contribution in [1.29, 1.82) is 0 Å². The summed E-state index contributed by atoms with van der Waals surface area (Å²) in [7, 11) is 1.56. The topological polar surface area (TPSA) is 90.7 Å². The van der Waals surface area contributed by atoms with Crippen LogP contribution in [0.3, 0.4) is 0 Å². The van der Waals surface area contributed by atoms with Crippen LogP contribution in [-0.4, -0.2) is 30.6 Å². The molecule has 8 heteroatoms. The molecule has 0 unspecified atom stereocenters. The second-order valence-electron chi connectivity index (χ2n) is 5.33. The van der Waals surface area contributed by atoms with E-state index in [1.54, 1.807) is 31.4 Å². The first kappa shape index (κ1) is 18.7. The summed E-state index contributed by atoms with van der Waals surface area (Å²) in [5, 5.41) is 14.1. The minimum Gasteiger partial charge on any atom is -0.450 e. The summed E-state index contributed by atoms with van der Waals surface area (Å²) in [5.41, 5.74) is 0.212. The third-order valence-electron chi connectivity index (χ3n) is 3.26. The SMILES string of the molecule is COC[C@@H](C)NC(=O)c1ccc(Oc2ccc(Cl)cc2[N+](=O)[O-])cc1. The Labute approximate surface area is 149 Å². The maximum atomic E-state index is 12.1. The molecule has 132 valence electrons. The van der Waals surface area contributed by atoms with E-state index in [1.807, 2.05) is 6.92 Å². The van der Waals surface area contributed by atoms with Gasteiger partial charge in [-0.15, -0.1) is 0 Å². The summed E-state index contributed by atoms with van der Waals surface area (Å²) in [5.74, 6) is 0.195. The zero-order chi connectivity index (χ0) is 18.4. The average Bonchev–Trinajstić information content (AvgIpc) is 2.57. The van der Waals surface area contributed by atoms with Crippen LogP contribution in [0.2, 0.25) is 5.02 Å². The number of rotatable bonds is 7. The van der Waals surface area contributed by atoms with Crippen molar-refractivity contribution in [3.8, 4) is 11.5 Å². The Hall–Kier alpha value is -2.64. The van der Waals surface area contributed by atoms with Crippen molar-refractivity contribution in [1.82, 2.24) is 5.32 Å². The number of amides is 1. The van der Waals surface area contributed by atoms with E-state index in [0.717, 1.165) is 0 Å². The molecule has 0 aliphatic carbocycles. The van der Waals surface area contributed by atoms with Crippen LogP contribution >= 0.6 is 11.6 Å². The van der Waals surface area contributed by atoms with Crippen LogP contribution in [0, 0.1) is 10.1 Å². The van der Waals surface area contributed by atoms with Gasteiger partial charge in [0.2, 0.25) is 5.75 Å². The van der Waals surface area contributed by atoms with Crippen LogP contribution in [0.4, 0.5) is 5.69 Å². The zero-order valence-electron chi connectivity index (χ0n) is 13.7. The van der Waals surface area contributed by atoms with Crippen molar-refractivity contribution in [2.45, 2.75) is 13.0 Å². The second-order valence-corrected chi connectivity index (χ2v) is 5.76. The monoisotopic (exact) mass is 364 g/mol. The summed E-state index contributed by atoms with van der Waals surface area (Å²) in [4.78, 5) is 22.6. The molecule has 7 nitrogen and oxygen atoms in total. The number of ether oxygens (including phenoxy) is 2. The summed E-state index contributed by atoms with van der Waals surface area (Å²) < 4.78 is 10.5. The van der Waals surface area contributed by atoms with Crippen molar-refractivity contribution < 1.29 is 19.2 Å². The van der Waals surface area contributed by atoms with E-state index in [9.17, 15) is 14.9 Å². The number of halogens is 1. The van der Waals surface area contributed by atoms with Gasteiger partial charge in [0.25, 0.3) is 5.91 Å². The Kier molecular flexibility index (Phi) is 6.32. The van der Waals surface area contributed by atoms with Crippen molar-refractivity contribution >= 4 is 23.2 Å². The zero-order valence-corrected chi connectivity index (χ0v) is 14.4. The highest BCUT2D eigenvalue weighted by Crippen LogP contribution is 2.33. The standard InChI is InChI=1S/C17H17ClN2O5/c1-11(10-24-2)19-17(21)12-3-6-14(7-4-12)25-16-8-5-13(18)9-15(16)20(22)23/h3-9,11H,10H2,1-2H3,(H,19,21)/t11-/m1/s1. The van der Waals surface area contributed by atoms with Crippen LogP contribution in [0.15, 0.2) is 42.5 Å². The summed E-state index contributed by atoms with van der Waals surface area (Å²) >= 11 is 5.77. The molecule has 0 saturated carbocycles. The molecule has 2 rings (SSSR count). The minimum absolute atomic E-state index is 0.0697. The number of nitro benzene ring substituents is 1. The van der Waals surface area contributed by atoms with Gasteiger partial charge in [-0.3, -0.25) is 14.9 Å². The Balaban J connectivity index is 2.11. The van der Waals surface area contributed by atoms with Crippen LogP contribution in [-0.2, 0) is 4.74 Å². The Morgan fingerprint density at radius 3 is 2.56 bits per heavy atom. The van der Waals surface area contributed by atoms with Crippen LogP contribution in [0.1, 0.15) is 17.3 Å². The van der Waals surface area contributed by atoms with Crippen molar-refractivity contribution in [2.75, 3.05) is 13.7 Å². The van der Waals surface area contributed by atoms with Crippen molar-refractivity contribution in [3.05, 3.63) is 63.2 Å². The number of nitrogens with one attached hydrogen (secondary N) is 1. The number of hydrogen-bond donors (Lipinski definition) is 1. The lowest BCUT2D eigenvalue weighted by Gasteiger charge is -2.13.